The van der Waals surface area contributed by atoms with Crippen molar-refractivity contribution in [3.8, 4) is 5.75 Å². The maximum Gasteiger partial charge on any atom is 0.573 e. The van der Waals surface area contributed by atoms with Gasteiger partial charge < -0.3 is 10.1 Å². The molecule has 0 saturated heterocycles. The summed E-state index contributed by atoms with van der Waals surface area (Å²) in [5.74, 6) is -0.297. The molecule has 0 aliphatic heterocycles. The Kier molecular flexibility index (Phi) is 5.27. The summed E-state index contributed by atoms with van der Waals surface area (Å²) >= 11 is 0. The van der Waals surface area contributed by atoms with E-state index in [1.54, 1.807) is 19.9 Å². The van der Waals surface area contributed by atoms with Gasteiger partial charge in [-0.2, -0.15) is 0 Å². The molecule has 21 heavy (non-hydrogen) atoms. The fourth-order valence-corrected chi connectivity index (χ4v) is 1.87. The van der Waals surface area contributed by atoms with Gasteiger partial charge in [0.2, 0.25) is 0 Å². The highest BCUT2D eigenvalue weighted by Gasteiger charge is 2.32. The molecule has 0 spiro atoms. The molecule has 0 aliphatic carbocycles. The highest BCUT2D eigenvalue weighted by atomic mass is 32.2. The molecule has 0 bridgehead atoms. The standard InChI is InChI=1S/C13H18F3NO3S/c1-12(2,21(3,18)19)9-17-8-10-6-4-5-7-11(10)20-13(14,15)16/h4-7,17H,8-9H2,1-3H3. The first kappa shape index (κ1) is 17.8. The Hall–Kier alpha value is -1.28. The minimum atomic E-state index is -4.76. The van der Waals surface area contributed by atoms with Crippen LogP contribution in [0.15, 0.2) is 24.3 Å². The van der Waals surface area contributed by atoms with Crippen molar-refractivity contribution >= 4 is 9.84 Å². The molecule has 0 atom stereocenters. The number of rotatable bonds is 6. The molecule has 0 amide bonds. The molecule has 1 aromatic carbocycles. The molecule has 0 fully saturated rings. The van der Waals surface area contributed by atoms with Gasteiger partial charge in [0, 0.05) is 24.9 Å². The number of halogens is 3. The number of hydrogen-bond donors (Lipinski definition) is 1. The molecule has 1 N–H and O–H groups in total. The monoisotopic (exact) mass is 325 g/mol. The van der Waals surface area contributed by atoms with Gasteiger partial charge in [0.25, 0.3) is 0 Å². The normalized spacial score (nSPS) is 13.2. The van der Waals surface area contributed by atoms with E-state index in [1.165, 1.54) is 18.2 Å². The van der Waals surface area contributed by atoms with Crippen LogP contribution in [0, 0.1) is 0 Å². The van der Waals surface area contributed by atoms with E-state index >= 15 is 0 Å². The third-order valence-electron chi connectivity index (χ3n) is 3.07. The van der Waals surface area contributed by atoms with E-state index in [1.807, 2.05) is 0 Å². The Bertz CT molecular complexity index is 583. The first-order valence-electron chi connectivity index (χ1n) is 6.16. The van der Waals surface area contributed by atoms with Crippen molar-refractivity contribution in [1.29, 1.82) is 0 Å². The van der Waals surface area contributed by atoms with Crippen LogP contribution in [0.2, 0.25) is 0 Å². The summed E-state index contributed by atoms with van der Waals surface area (Å²) in [5.41, 5.74) is 0.305. The molecule has 0 unspecified atom stereocenters. The summed E-state index contributed by atoms with van der Waals surface area (Å²) in [6, 6.07) is 5.72. The first-order valence-corrected chi connectivity index (χ1v) is 8.05. The summed E-state index contributed by atoms with van der Waals surface area (Å²) in [7, 11) is -3.27. The smallest absolute Gasteiger partial charge is 0.405 e. The van der Waals surface area contributed by atoms with E-state index in [0.29, 0.717) is 5.56 Å². The number of benzene rings is 1. The van der Waals surface area contributed by atoms with Gasteiger partial charge in [0.1, 0.15) is 5.75 Å². The van der Waals surface area contributed by atoms with Gasteiger partial charge >= 0.3 is 6.36 Å². The van der Waals surface area contributed by atoms with Gasteiger partial charge in [-0.05, 0) is 19.9 Å². The van der Waals surface area contributed by atoms with Crippen LogP contribution in [0.3, 0.4) is 0 Å². The van der Waals surface area contributed by atoms with Gasteiger partial charge in [-0.15, -0.1) is 13.2 Å². The second-order valence-electron chi connectivity index (χ2n) is 5.29. The zero-order valence-corrected chi connectivity index (χ0v) is 12.8. The Morgan fingerprint density at radius 3 is 2.29 bits per heavy atom. The minimum Gasteiger partial charge on any atom is -0.405 e. The molecule has 1 rings (SSSR count). The van der Waals surface area contributed by atoms with E-state index in [-0.39, 0.29) is 18.8 Å². The molecule has 0 heterocycles. The van der Waals surface area contributed by atoms with Gasteiger partial charge in [-0.25, -0.2) is 8.42 Å². The lowest BCUT2D eigenvalue weighted by Crippen LogP contribution is -2.41. The Morgan fingerprint density at radius 2 is 1.76 bits per heavy atom. The number of alkyl halides is 3. The Morgan fingerprint density at radius 1 is 1.19 bits per heavy atom. The van der Waals surface area contributed by atoms with Crippen LogP contribution >= 0.6 is 0 Å². The zero-order chi connectivity index (χ0) is 16.3. The second kappa shape index (κ2) is 6.23. The molecule has 4 nitrogen and oxygen atoms in total. The fraction of sp³-hybridized carbons (Fsp3) is 0.538. The average Bonchev–Trinajstić information content (AvgIpc) is 2.27. The molecule has 0 aliphatic rings. The van der Waals surface area contributed by atoms with Crippen LogP contribution in [0.25, 0.3) is 0 Å². The largest absolute Gasteiger partial charge is 0.573 e. The second-order valence-corrected chi connectivity index (χ2v) is 7.94. The summed E-state index contributed by atoms with van der Waals surface area (Å²) in [5, 5.41) is 2.85. The quantitative estimate of drug-likeness (QED) is 0.873. The first-order chi connectivity index (χ1) is 9.42. The fourth-order valence-electron chi connectivity index (χ4n) is 1.50. The third kappa shape index (κ3) is 5.55. The zero-order valence-electron chi connectivity index (χ0n) is 12.0. The van der Waals surface area contributed by atoms with Crippen LogP contribution in [0.1, 0.15) is 19.4 Å². The number of para-hydroxylation sites is 1. The number of nitrogens with one attached hydrogen (secondary N) is 1. The highest BCUT2D eigenvalue weighted by Crippen LogP contribution is 2.26. The maximum absolute atomic E-state index is 12.3. The summed E-state index contributed by atoms with van der Waals surface area (Å²) in [6.45, 7) is 3.29. The number of hydrogen-bond acceptors (Lipinski definition) is 4. The lowest BCUT2D eigenvalue weighted by atomic mass is 10.1. The predicted octanol–water partition coefficient (Wildman–Crippen LogP) is 2.50. The Balaban J connectivity index is 2.73. The topological polar surface area (TPSA) is 55.4 Å². The minimum absolute atomic E-state index is 0.0746. The van der Waals surface area contributed by atoms with Gasteiger partial charge in [0.05, 0.1) is 4.75 Å². The summed E-state index contributed by atoms with van der Waals surface area (Å²) in [4.78, 5) is 0. The molecule has 1 aromatic rings. The molecule has 0 radical (unpaired) electrons. The maximum atomic E-state index is 12.3. The van der Waals surface area contributed by atoms with Crippen molar-refractivity contribution in [3.63, 3.8) is 0 Å². The number of ether oxygens (including phenoxy) is 1. The van der Waals surface area contributed by atoms with Crippen molar-refractivity contribution in [3.05, 3.63) is 29.8 Å². The summed E-state index contributed by atoms with van der Waals surface area (Å²) in [6.07, 6.45) is -3.64. The van der Waals surface area contributed by atoms with Gasteiger partial charge in [-0.1, -0.05) is 18.2 Å². The van der Waals surface area contributed by atoms with Crippen molar-refractivity contribution in [1.82, 2.24) is 5.32 Å². The van der Waals surface area contributed by atoms with E-state index in [2.05, 4.69) is 10.1 Å². The van der Waals surface area contributed by atoms with Crippen molar-refractivity contribution in [2.75, 3.05) is 12.8 Å². The predicted molar refractivity (Wildman–Crippen MR) is 73.8 cm³/mol. The molecule has 0 aromatic heterocycles. The van der Waals surface area contributed by atoms with Crippen LogP contribution in [-0.2, 0) is 16.4 Å². The SMILES string of the molecule is CC(C)(CNCc1ccccc1OC(F)(F)F)S(C)(=O)=O. The van der Waals surface area contributed by atoms with Gasteiger partial charge in [0.15, 0.2) is 9.84 Å². The van der Waals surface area contributed by atoms with Crippen molar-refractivity contribution in [2.24, 2.45) is 0 Å². The van der Waals surface area contributed by atoms with Crippen LogP contribution in [-0.4, -0.2) is 32.3 Å². The molecular weight excluding hydrogens is 307 g/mol. The van der Waals surface area contributed by atoms with Crippen molar-refractivity contribution in [2.45, 2.75) is 31.5 Å². The van der Waals surface area contributed by atoms with Crippen LogP contribution < -0.4 is 10.1 Å². The highest BCUT2D eigenvalue weighted by molar-refractivity contribution is 7.92. The van der Waals surface area contributed by atoms with E-state index < -0.39 is 20.9 Å². The molecule has 120 valence electrons. The lowest BCUT2D eigenvalue weighted by Gasteiger charge is -2.23. The Labute approximate surface area is 122 Å². The van der Waals surface area contributed by atoms with Crippen molar-refractivity contribution < 1.29 is 26.3 Å². The van der Waals surface area contributed by atoms with Gasteiger partial charge in [-0.3, -0.25) is 0 Å². The lowest BCUT2D eigenvalue weighted by molar-refractivity contribution is -0.274. The molecule has 8 heteroatoms. The molecular formula is C13H18F3NO3S. The van der Waals surface area contributed by atoms with Crippen LogP contribution in [0.5, 0.6) is 5.75 Å². The van der Waals surface area contributed by atoms with E-state index in [0.717, 1.165) is 6.26 Å². The van der Waals surface area contributed by atoms with E-state index in [4.69, 9.17) is 0 Å². The number of sulfone groups is 1. The third-order valence-corrected chi connectivity index (χ3v) is 5.22. The molecule has 0 saturated carbocycles. The summed E-state index contributed by atoms with van der Waals surface area (Å²) < 4.78 is 62.8. The van der Waals surface area contributed by atoms with Crippen LogP contribution in [0.4, 0.5) is 13.2 Å². The van der Waals surface area contributed by atoms with E-state index in [9.17, 15) is 21.6 Å². The average molecular weight is 325 g/mol.